The van der Waals surface area contributed by atoms with Crippen molar-refractivity contribution in [3.8, 4) is 39.3 Å². The number of aromatic hydroxyl groups is 1. The molecule has 0 aliphatic heterocycles. The summed E-state index contributed by atoms with van der Waals surface area (Å²) in [6, 6.07) is 26.2. The van der Waals surface area contributed by atoms with Crippen LogP contribution in [0, 0.1) is 0 Å². The Bertz CT molecular complexity index is 1420. The highest BCUT2D eigenvalue weighted by molar-refractivity contribution is 5.91. The molecule has 0 unspecified atom stereocenters. The number of H-pyrrole nitrogens is 1. The van der Waals surface area contributed by atoms with Crippen molar-refractivity contribution in [1.82, 2.24) is 14.6 Å². The van der Waals surface area contributed by atoms with Crippen molar-refractivity contribution >= 4 is 5.65 Å². The number of hydrogen-bond donors (Lipinski definition) is 3. The van der Waals surface area contributed by atoms with Gasteiger partial charge in [0.1, 0.15) is 5.75 Å². The molecule has 5 aromatic rings. The summed E-state index contributed by atoms with van der Waals surface area (Å²) in [6.07, 6.45) is 0. The SMILES string of the molecule is NCc1nc2c(-c3ccccc3)c(-c3ccccc3)[nH]n2c(=O)c1-c1ccc(O)cc1. The summed E-state index contributed by atoms with van der Waals surface area (Å²) in [6.45, 7) is 0.113. The highest BCUT2D eigenvalue weighted by Gasteiger charge is 2.21. The standard InChI is InChI=1S/C25H20N4O2/c26-15-20-21(17-11-13-19(30)14-12-17)25(31)29-24(27-20)22(16-7-3-1-4-8-16)23(28-29)18-9-5-2-6-10-18/h1-14,28,30H,15,26H2. The number of aromatic nitrogens is 3. The van der Waals surface area contributed by atoms with Gasteiger partial charge >= 0.3 is 0 Å². The molecule has 0 fully saturated rings. The Morgan fingerprint density at radius 1 is 0.806 bits per heavy atom. The monoisotopic (exact) mass is 408 g/mol. The van der Waals surface area contributed by atoms with Gasteiger partial charge in [-0.15, -0.1) is 0 Å². The van der Waals surface area contributed by atoms with Crippen LogP contribution in [0.3, 0.4) is 0 Å². The lowest BCUT2D eigenvalue weighted by atomic mass is 10.0. The Kier molecular flexibility index (Phi) is 4.61. The summed E-state index contributed by atoms with van der Waals surface area (Å²) in [7, 11) is 0. The van der Waals surface area contributed by atoms with Gasteiger partial charge in [-0.3, -0.25) is 9.89 Å². The third kappa shape index (κ3) is 3.19. The third-order valence-electron chi connectivity index (χ3n) is 5.33. The fraction of sp³-hybridized carbons (Fsp3) is 0.0400. The number of rotatable bonds is 4. The van der Waals surface area contributed by atoms with Crippen molar-refractivity contribution in [3.05, 3.63) is 101 Å². The second-order valence-electron chi connectivity index (χ2n) is 7.24. The van der Waals surface area contributed by atoms with E-state index >= 15 is 0 Å². The first-order valence-corrected chi connectivity index (χ1v) is 9.95. The molecule has 2 heterocycles. The van der Waals surface area contributed by atoms with Gasteiger partial charge in [-0.25, -0.2) is 4.98 Å². The highest BCUT2D eigenvalue weighted by Crippen LogP contribution is 2.34. The van der Waals surface area contributed by atoms with Gasteiger partial charge in [0, 0.05) is 12.1 Å². The van der Waals surface area contributed by atoms with E-state index in [1.54, 1.807) is 24.3 Å². The lowest BCUT2D eigenvalue weighted by Gasteiger charge is -2.08. The molecule has 0 saturated carbocycles. The van der Waals surface area contributed by atoms with E-state index in [4.69, 9.17) is 10.7 Å². The maximum atomic E-state index is 13.6. The molecule has 6 nitrogen and oxygen atoms in total. The maximum absolute atomic E-state index is 13.6. The van der Waals surface area contributed by atoms with Gasteiger partial charge in [-0.2, -0.15) is 4.52 Å². The van der Waals surface area contributed by atoms with Crippen molar-refractivity contribution in [2.75, 3.05) is 0 Å². The number of phenolic OH excluding ortho intramolecular Hbond substituents is 1. The van der Waals surface area contributed by atoms with Crippen LogP contribution in [0.15, 0.2) is 89.7 Å². The maximum Gasteiger partial charge on any atom is 0.280 e. The predicted molar refractivity (Wildman–Crippen MR) is 122 cm³/mol. The molecule has 152 valence electrons. The summed E-state index contributed by atoms with van der Waals surface area (Å²) in [5, 5.41) is 12.9. The number of fused-ring (bicyclic) bond motifs is 1. The van der Waals surface area contributed by atoms with E-state index in [1.807, 2.05) is 60.7 Å². The van der Waals surface area contributed by atoms with Crippen molar-refractivity contribution in [3.63, 3.8) is 0 Å². The van der Waals surface area contributed by atoms with Crippen molar-refractivity contribution in [2.45, 2.75) is 6.54 Å². The van der Waals surface area contributed by atoms with E-state index in [9.17, 15) is 9.90 Å². The van der Waals surface area contributed by atoms with Crippen molar-refractivity contribution < 1.29 is 5.11 Å². The first-order valence-electron chi connectivity index (χ1n) is 9.95. The molecule has 4 N–H and O–H groups in total. The normalized spacial score (nSPS) is 11.1. The van der Waals surface area contributed by atoms with Crippen LogP contribution in [0.5, 0.6) is 5.75 Å². The number of hydrogen-bond acceptors (Lipinski definition) is 4. The third-order valence-corrected chi connectivity index (χ3v) is 5.33. The summed E-state index contributed by atoms with van der Waals surface area (Å²) in [5.74, 6) is 0.129. The van der Waals surface area contributed by atoms with Crippen LogP contribution in [0.25, 0.3) is 39.2 Å². The van der Waals surface area contributed by atoms with E-state index in [0.29, 0.717) is 22.5 Å². The van der Waals surface area contributed by atoms with Crippen LogP contribution in [0.4, 0.5) is 0 Å². The van der Waals surface area contributed by atoms with E-state index in [1.165, 1.54) is 4.52 Å². The summed E-state index contributed by atoms with van der Waals surface area (Å²) < 4.78 is 1.48. The Morgan fingerprint density at radius 3 is 2.00 bits per heavy atom. The van der Waals surface area contributed by atoms with Crippen molar-refractivity contribution in [2.24, 2.45) is 5.73 Å². The molecule has 2 aromatic heterocycles. The summed E-state index contributed by atoms with van der Waals surface area (Å²) in [4.78, 5) is 18.4. The number of benzene rings is 3. The van der Waals surface area contributed by atoms with Crippen LogP contribution < -0.4 is 11.3 Å². The number of phenols is 1. The fourth-order valence-corrected chi connectivity index (χ4v) is 3.87. The van der Waals surface area contributed by atoms with Gasteiger partial charge in [-0.1, -0.05) is 72.8 Å². The Labute approximate surface area is 178 Å². The average Bonchev–Trinajstić information content (AvgIpc) is 3.21. The molecule has 3 aromatic carbocycles. The Hall–Kier alpha value is -4.16. The quantitative estimate of drug-likeness (QED) is 0.415. The zero-order valence-electron chi connectivity index (χ0n) is 16.6. The molecule has 0 aliphatic rings. The van der Waals surface area contributed by atoms with Crippen LogP contribution in [0.1, 0.15) is 5.69 Å². The highest BCUT2D eigenvalue weighted by atomic mass is 16.3. The number of nitrogens with two attached hydrogens (primary N) is 1. The van der Waals surface area contributed by atoms with Crippen LogP contribution in [-0.4, -0.2) is 19.7 Å². The topological polar surface area (TPSA) is 96.4 Å². The lowest BCUT2D eigenvalue weighted by Crippen LogP contribution is -2.21. The lowest BCUT2D eigenvalue weighted by molar-refractivity contribution is 0.475. The van der Waals surface area contributed by atoms with Crippen LogP contribution in [-0.2, 0) is 6.54 Å². The van der Waals surface area contributed by atoms with Gasteiger partial charge in [0.05, 0.1) is 22.5 Å². The summed E-state index contributed by atoms with van der Waals surface area (Å²) in [5.41, 5.74) is 11.4. The molecular formula is C25H20N4O2. The predicted octanol–water partition coefficient (Wildman–Crippen LogP) is 4.19. The van der Waals surface area contributed by atoms with Gasteiger partial charge in [0.2, 0.25) is 0 Å². The second-order valence-corrected chi connectivity index (χ2v) is 7.24. The molecular weight excluding hydrogens is 388 g/mol. The molecule has 0 atom stereocenters. The Morgan fingerprint density at radius 2 is 1.39 bits per heavy atom. The first kappa shape index (κ1) is 18.8. The van der Waals surface area contributed by atoms with Crippen LogP contribution >= 0.6 is 0 Å². The molecule has 0 amide bonds. The largest absolute Gasteiger partial charge is 0.508 e. The molecule has 31 heavy (non-hydrogen) atoms. The minimum Gasteiger partial charge on any atom is -0.508 e. The zero-order chi connectivity index (χ0) is 21.4. The number of aromatic amines is 1. The van der Waals surface area contributed by atoms with E-state index in [0.717, 1.165) is 22.4 Å². The fourth-order valence-electron chi connectivity index (χ4n) is 3.87. The second kappa shape index (κ2) is 7.59. The zero-order valence-corrected chi connectivity index (χ0v) is 16.6. The van der Waals surface area contributed by atoms with E-state index in [-0.39, 0.29) is 17.9 Å². The minimum absolute atomic E-state index is 0.113. The average molecular weight is 408 g/mol. The molecule has 0 bridgehead atoms. The van der Waals surface area contributed by atoms with Gasteiger partial charge < -0.3 is 10.8 Å². The van der Waals surface area contributed by atoms with Gasteiger partial charge in [0.15, 0.2) is 5.65 Å². The van der Waals surface area contributed by atoms with Gasteiger partial charge in [-0.05, 0) is 23.3 Å². The summed E-state index contributed by atoms with van der Waals surface area (Å²) >= 11 is 0. The van der Waals surface area contributed by atoms with Gasteiger partial charge in [0.25, 0.3) is 5.56 Å². The number of nitrogens with one attached hydrogen (secondary N) is 1. The molecule has 0 saturated heterocycles. The molecule has 0 radical (unpaired) electrons. The molecule has 6 heteroatoms. The van der Waals surface area contributed by atoms with Crippen molar-refractivity contribution in [1.29, 1.82) is 0 Å². The Balaban J connectivity index is 1.88. The smallest absolute Gasteiger partial charge is 0.280 e. The van der Waals surface area contributed by atoms with E-state index < -0.39 is 0 Å². The minimum atomic E-state index is -0.240. The molecule has 0 spiro atoms. The number of nitrogens with zero attached hydrogens (tertiary/aromatic N) is 2. The van der Waals surface area contributed by atoms with E-state index in [2.05, 4.69) is 5.10 Å². The molecule has 5 rings (SSSR count). The molecule has 0 aliphatic carbocycles. The first-order chi connectivity index (χ1) is 15.2. The van der Waals surface area contributed by atoms with Crippen LogP contribution in [0.2, 0.25) is 0 Å².